The standard InChI is InChI=1S/C51H33N3O2/c1-4-16-35(17-5-1)53(36-18-6-2-7-19-36)39-28-30-44-46(32-39)41-23-10-11-25-45(41)50-49(44)52-51(56-50)34-15-14-22-38(31-34)54(37-20-8-3-9-21-37)40-27-29-43-42-24-12-13-26-47(42)55-48(43)33-40/h1-33H. The van der Waals surface area contributed by atoms with E-state index in [-0.39, 0.29) is 0 Å². The highest BCUT2D eigenvalue weighted by atomic mass is 16.3. The van der Waals surface area contributed by atoms with Gasteiger partial charge in [0.1, 0.15) is 16.7 Å². The molecule has 0 atom stereocenters. The van der Waals surface area contributed by atoms with Gasteiger partial charge in [0.05, 0.1) is 0 Å². The Kier molecular flexibility index (Phi) is 7.42. The van der Waals surface area contributed by atoms with Crippen LogP contribution >= 0.6 is 0 Å². The molecule has 11 aromatic rings. The van der Waals surface area contributed by atoms with Gasteiger partial charge < -0.3 is 18.6 Å². The molecule has 0 amide bonds. The summed E-state index contributed by atoms with van der Waals surface area (Å²) in [4.78, 5) is 9.79. The quantitative estimate of drug-likeness (QED) is 0.153. The summed E-state index contributed by atoms with van der Waals surface area (Å²) in [6.07, 6.45) is 0. The average molecular weight is 720 g/mol. The Morgan fingerprint density at radius 3 is 1.54 bits per heavy atom. The molecule has 0 aliphatic rings. The van der Waals surface area contributed by atoms with Gasteiger partial charge in [-0.2, -0.15) is 0 Å². The number of nitrogens with zero attached hydrogens (tertiary/aromatic N) is 3. The van der Waals surface area contributed by atoms with Crippen LogP contribution in [0.2, 0.25) is 0 Å². The second kappa shape index (κ2) is 13.0. The van der Waals surface area contributed by atoms with Crippen molar-refractivity contribution >= 4 is 88.7 Å². The van der Waals surface area contributed by atoms with E-state index in [1.165, 1.54) is 0 Å². The molecule has 0 saturated carbocycles. The minimum Gasteiger partial charge on any atom is -0.456 e. The van der Waals surface area contributed by atoms with Crippen molar-refractivity contribution in [2.75, 3.05) is 9.80 Å². The SMILES string of the molecule is c1ccc(N(c2cccc(-c3nc4c5ccc(N(c6ccccc6)c6ccccc6)cc5c5ccccc5c4o3)c2)c2ccc3c(c2)oc2ccccc23)cc1. The molecule has 264 valence electrons. The largest absolute Gasteiger partial charge is 0.456 e. The Balaban J connectivity index is 1.06. The first kappa shape index (κ1) is 31.9. The Morgan fingerprint density at radius 2 is 0.839 bits per heavy atom. The lowest BCUT2D eigenvalue weighted by Crippen LogP contribution is -2.09. The third-order valence-corrected chi connectivity index (χ3v) is 10.6. The molecule has 0 radical (unpaired) electrons. The topological polar surface area (TPSA) is 45.7 Å². The molecule has 0 saturated heterocycles. The molecule has 2 aromatic heterocycles. The molecule has 0 aliphatic heterocycles. The van der Waals surface area contributed by atoms with Gasteiger partial charge in [-0.05, 0) is 102 Å². The van der Waals surface area contributed by atoms with Crippen LogP contribution in [0.1, 0.15) is 0 Å². The van der Waals surface area contributed by atoms with Gasteiger partial charge in [0.2, 0.25) is 5.89 Å². The normalized spacial score (nSPS) is 11.6. The van der Waals surface area contributed by atoms with Gasteiger partial charge in [-0.1, -0.05) is 103 Å². The van der Waals surface area contributed by atoms with Gasteiger partial charge in [-0.3, -0.25) is 0 Å². The highest BCUT2D eigenvalue weighted by Crippen LogP contribution is 2.43. The number of anilines is 6. The van der Waals surface area contributed by atoms with Crippen molar-refractivity contribution < 1.29 is 8.83 Å². The Hall–Kier alpha value is -7.63. The highest BCUT2D eigenvalue weighted by Gasteiger charge is 2.21. The van der Waals surface area contributed by atoms with Crippen LogP contribution in [0.15, 0.2) is 209 Å². The summed E-state index contributed by atoms with van der Waals surface area (Å²) < 4.78 is 13.1. The zero-order valence-corrected chi connectivity index (χ0v) is 30.2. The zero-order valence-electron chi connectivity index (χ0n) is 30.2. The van der Waals surface area contributed by atoms with Crippen molar-refractivity contribution in [2.45, 2.75) is 0 Å². The van der Waals surface area contributed by atoms with E-state index < -0.39 is 0 Å². The van der Waals surface area contributed by atoms with E-state index in [4.69, 9.17) is 13.8 Å². The zero-order chi connectivity index (χ0) is 37.0. The smallest absolute Gasteiger partial charge is 0.227 e. The fourth-order valence-corrected chi connectivity index (χ4v) is 8.08. The third kappa shape index (κ3) is 5.29. The van der Waals surface area contributed by atoms with Crippen LogP contribution in [-0.2, 0) is 0 Å². The van der Waals surface area contributed by atoms with Gasteiger partial charge in [0, 0.05) is 67.3 Å². The molecule has 9 aromatic carbocycles. The molecule has 11 rings (SSSR count). The number of hydrogen-bond acceptors (Lipinski definition) is 5. The van der Waals surface area contributed by atoms with E-state index in [0.29, 0.717) is 5.89 Å². The predicted molar refractivity (Wildman–Crippen MR) is 231 cm³/mol. The van der Waals surface area contributed by atoms with Crippen LogP contribution in [-0.4, -0.2) is 4.98 Å². The predicted octanol–water partition coefficient (Wildman–Crippen LogP) is 14.6. The number of furan rings is 1. The van der Waals surface area contributed by atoms with E-state index >= 15 is 0 Å². The molecule has 5 heteroatoms. The molecule has 0 aliphatic carbocycles. The van der Waals surface area contributed by atoms with Crippen molar-refractivity contribution in [3.8, 4) is 11.5 Å². The summed E-state index contributed by atoms with van der Waals surface area (Å²) in [5, 5.41) is 6.51. The van der Waals surface area contributed by atoms with Gasteiger partial charge in [0.15, 0.2) is 5.58 Å². The first-order valence-electron chi connectivity index (χ1n) is 18.8. The molecular weight excluding hydrogens is 687 g/mol. The second-order valence-electron chi connectivity index (χ2n) is 14.0. The van der Waals surface area contributed by atoms with E-state index in [0.717, 1.165) is 94.3 Å². The van der Waals surface area contributed by atoms with Crippen LogP contribution < -0.4 is 9.80 Å². The van der Waals surface area contributed by atoms with Gasteiger partial charge >= 0.3 is 0 Å². The van der Waals surface area contributed by atoms with Crippen molar-refractivity contribution in [3.05, 3.63) is 200 Å². The summed E-state index contributed by atoms with van der Waals surface area (Å²) in [5.41, 5.74) is 10.5. The minimum atomic E-state index is 0.569. The molecule has 5 nitrogen and oxygen atoms in total. The number of fused-ring (bicyclic) bond motifs is 9. The van der Waals surface area contributed by atoms with Crippen molar-refractivity contribution in [1.29, 1.82) is 0 Å². The summed E-state index contributed by atoms with van der Waals surface area (Å²) >= 11 is 0. The van der Waals surface area contributed by atoms with Crippen molar-refractivity contribution in [2.24, 2.45) is 0 Å². The maximum absolute atomic E-state index is 6.77. The van der Waals surface area contributed by atoms with Crippen LogP contribution in [0, 0.1) is 0 Å². The lowest BCUT2D eigenvalue weighted by Gasteiger charge is -2.25. The molecule has 56 heavy (non-hydrogen) atoms. The average Bonchev–Trinajstić information content (AvgIpc) is 3.88. The van der Waals surface area contributed by atoms with Gasteiger partial charge in [-0.15, -0.1) is 0 Å². The van der Waals surface area contributed by atoms with Crippen LogP contribution in [0.4, 0.5) is 34.1 Å². The highest BCUT2D eigenvalue weighted by molar-refractivity contribution is 6.23. The van der Waals surface area contributed by atoms with Crippen LogP contribution in [0.5, 0.6) is 0 Å². The Bertz CT molecular complexity index is 3170. The van der Waals surface area contributed by atoms with E-state index in [2.05, 4.69) is 186 Å². The number of rotatable bonds is 7. The monoisotopic (exact) mass is 719 g/mol. The van der Waals surface area contributed by atoms with Gasteiger partial charge in [-0.25, -0.2) is 4.98 Å². The maximum atomic E-state index is 6.77. The summed E-state index contributed by atoms with van der Waals surface area (Å²) in [6, 6.07) is 69.6. The maximum Gasteiger partial charge on any atom is 0.227 e. The fourth-order valence-electron chi connectivity index (χ4n) is 8.08. The molecular formula is C51H33N3O2. The second-order valence-corrected chi connectivity index (χ2v) is 14.0. The third-order valence-electron chi connectivity index (χ3n) is 10.6. The Morgan fingerprint density at radius 1 is 0.321 bits per heavy atom. The summed E-state index contributed by atoms with van der Waals surface area (Å²) in [7, 11) is 0. The van der Waals surface area contributed by atoms with Gasteiger partial charge in [0.25, 0.3) is 0 Å². The first-order chi connectivity index (χ1) is 27.8. The van der Waals surface area contributed by atoms with Crippen molar-refractivity contribution in [3.63, 3.8) is 0 Å². The number of oxazole rings is 1. The number of aromatic nitrogens is 1. The number of para-hydroxylation sites is 4. The first-order valence-corrected chi connectivity index (χ1v) is 18.8. The van der Waals surface area contributed by atoms with Crippen LogP contribution in [0.3, 0.4) is 0 Å². The number of hydrogen-bond donors (Lipinski definition) is 0. The van der Waals surface area contributed by atoms with E-state index in [1.54, 1.807) is 0 Å². The fraction of sp³-hybridized carbons (Fsp3) is 0. The molecule has 0 N–H and O–H groups in total. The van der Waals surface area contributed by atoms with E-state index in [9.17, 15) is 0 Å². The van der Waals surface area contributed by atoms with Crippen molar-refractivity contribution in [1.82, 2.24) is 4.98 Å². The molecule has 0 bridgehead atoms. The Labute approximate surface area is 322 Å². The van der Waals surface area contributed by atoms with E-state index in [1.807, 2.05) is 24.3 Å². The lowest BCUT2D eigenvalue weighted by atomic mass is 9.99. The van der Waals surface area contributed by atoms with Crippen LogP contribution in [0.25, 0.3) is 66.0 Å². The number of benzene rings is 9. The molecule has 0 unspecified atom stereocenters. The molecule has 0 fully saturated rings. The molecule has 2 heterocycles. The minimum absolute atomic E-state index is 0.569. The lowest BCUT2D eigenvalue weighted by molar-refractivity contribution is 0.623. The molecule has 0 spiro atoms. The summed E-state index contributed by atoms with van der Waals surface area (Å²) in [6.45, 7) is 0. The summed E-state index contributed by atoms with van der Waals surface area (Å²) in [5.74, 6) is 0.569.